The fraction of sp³-hybridized carbons (Fsp3) is 0.231. The Morgan fingerprint density at radius 2 is 1.91 bits per heavy atom. The third kappa shape index (κ3) is 5.20. The molecule has 9 heteroatoms. The van der Waals surface area contributed by atoms with Gasteiger partial charge in [0.1, 0.15) is 5.82 Å². The smallest absolute Gasteiger partial charge is 0.872 e. The quantitative estimate of drug-likeness (QED) is 0.173. The Kier molecular flexibility index (Phi) is 7.36. The summed E-state index contributed by atoms with van der Waals surface area (Å²) < 4.78 is 54.8. The van der Waals surface area contributed by atoms with Crippen LogP contribution in [0.1, 0.15) is 18.1 Å². The second-order valence-corrected chi connectivity index (χ2v) is 3.79. The molecule has 0 aliphatic rings. The second kappa shape index (κ2) is 8.01. The maximum atomic E-state index is 13.0. The first kappa shape index (κ1) is 20.2. The van der Waals surface area contributed by atoms with Crippen molar-refractivity contribution in [2.45, 2.75) is 13.1 Å². The average molecular weight is 312 g/mol. The van der Waals surface area contributed by atoms with Crippen LogP contribution in [0.4, 0.5) is 17.6 Å². The van der Waals surface area contributed by atoms with Crippen LogP contribution in [-0.4, -0.2) is 18.4 Å². The molecule has 0 heterocycles. The van der Waals surface area contributed by atoms with Gasteiger partial charge >= 0.3 is 31.0 Å². The van der Waals surface area contributed by atoms with Crippen LogP contribution in [0, 0.1) is 5.82 Å². The first-order chi connectivity index (χ1) is 9.66. The van der Waals surface area contributed by atoms with E-state index < -0.39 is 40.6 Å². The third-order valence-corrected chi connectivity index (χ3v) is 2.30. The van der Waals surface area contributed by atoms with Gasteiger partial charge in [-0.05, 0) is 30.7 Å². The van der Waals surface area contributed by atoms with Gasteiger partial charge in [0, 0.05) is 0 Å². The van der Waals surface area contributed by atoms with Crippen LogP contribution in [0.3, 0.4) is 0 Å². The third-order valence-electron chi connectivity index (χ3n) is 2.30. The molecule has 0 aliphatic heterocycles. The van der Waals surface area contributed by atoms with Crippen molar-refractivity contribution >= 4 is 17.5 Å². The summed E-state index contributed by atoms with van der Waals surface area (Å²) in [5.41, 5.74) is -2.20. The number of halogens is 4. The summed E-state index contributed by atoms with van der Waals surface area (Å²) in [4.78, 5) is 22.2. The van der Waals surface area contributed by atoms with Gasteiger partial charge in [0.05, 0.1) is 12.2 Å². The number of hydrogen-bond donors (Lipinski definition) is 0. The molecule has 0 N–H and O–H groups in total. The van der Waals surface area contributed by atoms with Crippen molar-refractivity contribution in [1.29, 1.82) is 0 Å². The maximum absolute atomic E-state index is 13.0. The van der Waals surface area contributed by atoms with Crippen LogP contribution in [0.25, 0.3) is 5.76 Å². The van der Waals surface area contributed by atoms with Gasteiger partial charge in [-0.3, -0.25) is 4.79 Å². The minimum atomic E-state index is -4.98. The standard InChI is InChI=1S/C13H10F4O4.Li/c1-2-21-12(20)11(19)6-10(18)7-3-4-9(14)8(5-7)13(15,16)17;/h3-6,18H,2H2,1H3;/q;+1/p-1/b10-6-;. The van der Waals surface area contributed by atoms with E-state index in [0.717, 1.165) is 6.07 Å². The zero-order valence-electron chi connectivity index (χ0n) is 11.7. The van der Waals surface area contributed by atoms with Gasteiger partial charge in [0.15, 0.2) is 0 Å². The molecule has 0 saturated carbocycles. The average Bonchev–Trinajstić information content (AvgIpc) is 2.37. The van der Waals surface area contributed by atoms with Crippen molar-refractivity contribution in [3.8, 4) is 0 Å². The van der Waals surface area contributed by atoms with Crippen molar-refractivity contribution in [2.75, 3.05) is 6.61 Å². The SMILES string of the molecule is CCOC(=O)C(=O)/C=C(\[O-])c1ccc(F)c(C(F)(F)F)c1.[Li+]. The predicted molar refractivity (Wildman–Crippen MR) is 61.0 cm³/mol. The molecule has 0 fully saturated rings. The van der Waals surface area contributed by atoms with Crippen LogP contribution in [0.15, 0.2) is 24.3 Å². The molecule has 1 aromatic rings. The van der Waals surface area contributed by atoms with Gasteiger partial charge in [0.25, 0.3) is 5.78 Å². The first-order valence-corrected chi connectivity index (χ1v) is 5.63. The summed E-state index contributed by atoms with van der Waals surface area (Å²) >= 11 is 0. The largest absolute Gasteiger partial charge is 1.00 e. The minimum absolute atomic E-state index is 0. The van der Waals surface area contributed by atoms with E-state index in [0.29, 0.717) is 12.1 Å². The Labute approximate surface area is 134 Å². The number of esters is 1. The Balaban J connectivity index is 0.00000441. The molecular weight excluding hydrogens is 303 g/mol. The van der Waals surface area contributed by atoms with Crippen molar-refractivity contribution in [3.05, 3.63) is 41.2 Å². The number of ketones is 1. The van der Waals surface area contributed by atoms with E-state index in [4.69, 9.17) is 0 Å². The number of benzene rings is 1. The molecule has 4 nitrogen and oxygen atoms in total. The normalized spacial score (nSPS) is 11.6. The van der Waals surface area contributed by atoms with Crippen LogP contribution >= 0.6 is 0 Å². The van der Waals surface area contributed by atoms with Crippen LogP contribution < -0.4 is 24.0 Å². The van der Waals surface area contributed by atoms with Crippen LogP contribution in [0.2, 0.25) is 0 Å². The molecule has 0 saturated heterocycles. The molecule has 0 amide bonds. The Morgan fingerprint density at radius 1 is 1.32 bits per heavy atom. The number of alkyl halides is 3. The number of carbonyl (C=O) groups is 2. The zero-order chi connectivity index (χ0) is 16.2. The van der Waals surface area contributed by atoms with Gasteiger partial charge in [-0.2, -0.15) is 13.2 Å². The number of hydrogen-bond acceptors (Lipinski definition) is 4. The Bertz CT molecular complexity index is 596. The monoisotopic (exact) mass is 312 g/mol. The maximum Gasteiger partial charge on any atom is 1.00 e. The summed E-state index contributed by atoms with van der Waals surface area (Å²) in [7, 11) is 0. The first-order valence-electron chi connectivity index (χ1n) is 5.63. The van der Waals surface area contributed by atoms with Crippen LogP contribution in [-0.2, 0) is 20.5 Å². The second-order valence-electron chi connectivity index (χ2n) is 3.79. The Morgan fingerprint density at radius 3 is 2.41 bits per heavy atom. The molecule has 22 heavy (non-hydrogen) atoms. The van der Waals surface area contributed by atoms with Crippen molar-refractivity contribution in [1.82, 2.24) is 0 Å². The van der Waals surface area contributed by atoms with E-state index in [1.165, 1.54) is 6.92 Å². The molecule has 0 unspecified atom stereocenters. The number of carbonyl (C=O) groups excluding carboxylic acids is 2. The number of ether oxygens (including phenoxy) is 1. The molecule has 0 aromatic heterocycles. The predicted octanol–water partition coefficient (Wildman–Crippen LogP) is -1.32. The molecule has 0 spiro atoms. The molecule has 0 atom stereocenters. The summed E-state index contributed by atoms with van der Waals surface area (Å²) in [5.74, 6) is -5.31. The molecule has 114 valence electrons. The molecule has 1 aromatic carbocycles. The molecular formula is C13H9F4LiO4. The zero-order valence-corrected chi connectivity index (χ0v) is 11.7. The molecule has 1 rings (SSSR count). The molecule has 0 radical (unpaired) electrons. The Hall–Kier alpha value is -1.78. The fourth-order valence-electron chi connectivity index (χ4n) is 1.36. The summed E-state index contributed by atoms with van der Waals surface area (Å²) in [6, 6.07) is 1.51. The van der Waals surface area contributed by atoms with Crippen molar-refractivity contribution in [2.24, 2.45) is 0 Å². The summed E-state index contributed by atoms with van der Waals surface area (Å²) in [5, 5.41) is 11.6. The van der Waals surface area contributed by atoms with Gasteiger partial charge in [-0.1, -0.05) is 11.8 Å². The van der Waals surface area contributed by atoms with Gasteiger partial charge in [-0.15, -0.1) is 0 Å². The number of rotatable bonds is 4. The van der Waals surface area contributed by atoms with Crippen molar-refractivity contribution < 1.29 is 55.9 Å². The van der Waals surface area contributed by atoms with Gasteiger partial charge in [-0.25, -0.2) is 9.18 Å². The summed E-state index contributed by atoms with van der Waals surface area (Å²) in [6.07, 6.45) is -4.68. The topological polar surface area (TPSA) is 66.4 Å². The van der Waals surface area contributed by atoms with E-state index in [2.05, 4.69) is 4.74 Å². The van der Waals surface area contributed by atoms with E-state index in [-0.39, 0.29) is 31.5 Å². The molecule has 0 aliphatic carbocycles. The van der Waals surface area contributed by atoms with E-state index in [9.17, 15) is 32.3 Å². The van der Waals surface area contributed by atoms with E-state index in [1.807, 2.05) is 0 Å². The van der Waals surface area contributed by atoms with Crippen molar-refractivity contribution in [3.63, 3.8) is 0 Å². The molecule has 0 bridgehead atoms. The van der Waals surface area contributed by atoms with E-state index >= 15 is 0 Å². The van der Waals surface area contributed by atoms with Gasteiger partial charge < -0.3 is 9.84 Å². The van der Waals surface area contributed by atoms with Crippen LogP contribution in [0.5, 0.6) is 0 Å². The summed E-state index contributed by atoms with van der Waals surface area (Å²) in [6.45, 7) is 1.34. The van der Waals surface area contributed by atoms with E-state index in [1.54, 1.807) is 0 Å². The fourth-order valence-corrected chi connectivity index (χ4v) is 1.36. The minimum Gasteiger partial charge on any atom is -0.872 e. The van der Waals surface area contributed by atoms with Gasteiger partial charge in [0.2, 0.25) is 0 Å².